The van der Waals surface area contributed by atoms with Crippen molar-refractivity contribution in [2.24, 2.45) is 11.7 Å². The maximum atomic E-state index is 12.6. The summed E-state index contributed by atoms with van der Waals surface area (Å²) >= 11 is 0. The Hall–Kier alpha value is -0.170. The van der Waals surface area contributed by atoms with Crippen molar-refractivity contribution in [3.8, 4) is 0 Å². The molecule has 1 saturated carbocycles. The Bertz CT molecular complexity index is 376. The van der Waals surface area contributed by atoms with E-state index >= 15 is 0 Å². The summed E-state index contributed by atoms with van der Waals surface area (Å²) in [4.78, 5) is 0. The molecule has 120 valence electrons. The smallest absolute Gasteiger partial charge is 0.280 e. The molecule has 1 fully saturated rings. The highest BCUT2D eigenvalue weighted by molar-refractivity contribution is 7.87. The fourth-order valence-electron chi connectivity index (χ4n) is 2.93. The molecule has 0 radical (unpaired) electrons. The summed E-state index contributed by atoms with van der Waals surface area (Å²) in [6.45, 7) is 7.46. The van der Waals surface area contributed by atoms with Gasteiger partial charge in [0.2, 0.25) is 0 Å². The standard InChI is InChI=1S/C14H31N3O2S/c1-4-10-17(20(18,19)16-11-13(2)3)14(12-15)8-6-5-7-9-14/h13,16H,4-12,15H2,1-3H3. The van der Waals surface area contributed by atoms with Crippen LogP contribution in [0.2, 0.25) is 0 Å². The minimum Gasteiger partial charge on any atom is -0.329 e. The van der Waals surface area contributed by atoms with Crippen LogP contribution in [-0.4, -0.2) is 37.9 Å². The number of nitrogens with one attached hydrogen (secondary N) is 1. The number of nitrogens with zero attached hydrogens (tertiary/aromatic N) is 1. The predicted octanol–water partition coefficient (Wildman–Crippen LogP) is 1.85. The molecule has 0 aromatic rings. The molecule has 3 N–H and O–H groups in total. The minimum atomic E-state index is -3.45. The van der Waals surface area contributed by atoms with Gasteiger partial charge in [0.25, 0.3) is 10.2 Å². The molecule has 0 heterocycles. The second-order valence-electron chi connectivity index (χ2n) is 6.31. The van der Waals surface area contributed by atoms with Crippen LogP contribution in [0.15, 0.2) is 0 Å². The maximum Gasteiger partial charge on any atom is 0.280 e. The van der Waals surface area contributed by atoms with Gasteiger partial charge in [0.15, 0.2) is 0 Å². The van der Waals surface area contributed by atoms with E-state index in [4.69, 9.17) is 5.73 Å². The zero-order valence-electron chi connectivity index (χ0n) is 13.2. The Morgan fingerprint density at radius 1 is 1.25 bits per heavy atom. The van der Waals surface area contributed by atoms with Crippen LogP contribution < -0.4 is 10.5 Å². The van der Waals surface area contributed by atoms with Crippen molar-refractivity contribution < 1.29 is 8.42 Å². The highest BCUT2D eigenvalue weighted by Gasteiger charge is 2.42. The first-order valence-corrected chi connectivity index (χ1v) is 9.29. The molecule has 6 heteroatoms. The molecule has 0 spiro atoms. The Balaban J connectivity index is 2.95. The Kier molecular flexibility index (Phi) is 6.91. The summed E-state index contributed by atoms with van der Waals surface area (Å²) in [7, 11) is -3.45. The van der Waals surface area contributed by atoms with Crippen LogP contribution in [0.4, 0.5) is 0 Å². The lowest BCUT2D eigenvalue weighted by Gasteiger charge is -2.44. The van der Waals surface area contributed by atoms with Gasteiger partial charge in [-0.15, -0.1) is 0 Å². The minimum absolute atomic E-state index is 0.299. The van der Waals surface area contributed by atoms with Crippen molar-refractivity contribution in [2.75, 3.05) is 19.6 Å². The normalized spacial score (nSPS) is 19.7. The molecule has 5 nitrogen and oxygen atoms in total. The Morgan fingerprint density at radius 2 is 1.85 bits per heavy atom. The second-order valence-corrected chi connectivity index (χ2v) is 7.99. The van der Waals surface area contributed by atoms with Crippen molar-refractivity contribution in [1.82, 2.24) is 9.03 Å². The first-order valence-electron chi connectivity index (χ1n) is 7.85. The lowest BCUT2D eigenvalue weighted by molar-refractivity contribution is 0.134. The van der Waals surface area contributed by atoms with Gasteiger partial charge in [-0.3, -0.25) is 0 Å². The number of hydrogen-bond donors (Lipinski definition) is 2. The molecule has 20 heavy (non-hydrogen) atoms. The summed E-state index contributed by atoms with van der Waals surface area (Å²) in [5.74, 6) is 0.299. The molecule has 1 aliphatic carbocycles. The largest absolute Gasteiger partial charge is 0.329 e. The third-order valence-electron chi connectivity index (χ3n) is 4.08. The lowest BCUT2D eigenvalue weighted by Crippen LogP contribution is -2.60. The number of rotatable bonds is 8. The third-order valence-corrected chi connectivity index (χ3v) is 5.77. The van der Waals surface area contributed by atoms with E-state index in [0.717, 1.165) is 32.1 Å². The molecular formula is C14H31N3O2S. The quantitative estimate of drug-likeness (QED) is 0.718. The summed E-state index contributed by atoms with van der Waals surface area (Å²) in [5, 5.41) is 0. The van der Waals surface area contributed by atoms with Gasteiger partial charge in [-0.25, -0.2) is 4.72 Å². The molecule has 0 bridgehead atoms. The average Bonchev–Trinajstić information content (AvgIpc) is 2.43. The van der Waals surface area contributed by atoms with E-state index in [0.29, 0.717) is 25.6 Å². The Labute approximate surface area is 124 Å². The molecule has 1 rings (SSSR count). The van der Waals surface area contributed by atoms with Crippen molar-refractivity contribution in [2.45, 2.75) is 64.8 Å². The van der Waals surface area contributed by atoms with E-state index in [1.54, 1.807) is 4.31 Å². The van der Waals surface area contributed by atoms with Gasteiger partial charge in [-0.1, -0.05) is 40.0 Å². The van der Waals surface area contributed by atoms with Crippen LogP contribution in [0.1, 0.15) is 59.3 Å². The first kappa shape index (κ1) is 17.9. The van der Waals surface area contributed by atoms with Gasteiger partial charge in [0, 0.05) is 25.2 Å². The summed E-state index contributed by atoms with van der Waals surface area (Å²) in [6.07, 6.45) is 5.89. The van der Waals surface area contributed by atoms with Crippen LogP contribution in [0.25, 0.3) is 0 Å². The van der Waals surface area contributed by atoms with Gasteiger partial charge >= 0.3 is 0 Å². The maximum absolute atomic E-state index is 12.6. The SMILES string of the molecule is CCCN(C1(CN)CCCCC1)S(=O)(=O)NCC(C)C. The molecule has 0 saturated heterocycles. The molecule has 0 aliphatic heterocycles. The zero-order chi connectivity index (χ0) is 15.2. The van der Waals surface area contributed by atoms with Gasteiger partial charge in [-0.2, -0.15) is 12.7 Å². The van der Waals surface area contributed by atoms with Crippen LogP contribution in [0.3, 0.4) is 0 Å². The summed E-state index contributed by atoms with van der Waals surface area (Å²) in [6, 6.07) is 0. The predicted molar refractivity (Wildman–Crippen MR) is 83.6 cm³/mol. The Morgan fingerprint density at radius 3 is 2.30 bits per heavy atom. The molecular weight excluding hydrogens is 274 g/mol. The summed E-state index contributed by atoms with van der Waals surface area (Å²) in [5.41, 5.74) is 5.61. The van der Waals surface area contributed by atoms with Crippen molar-refractivity contribution in [3.63, 3.8) is 0 Å². The van der Waals surface area contributed by atoms with E-state index in [-0.39, 0.29) is 5.54 Å². The van der Waals surface area contributed by atoms with E-state index in [1.165, 1.54) is 6.42 Å². The van der Waals surface area contributed by atoms with Crippen LogP contribution >= 0.6 is 0 Å². The number of nitrogens with two attached hydrogens (primary N) is 1. The summed E-state index contributed by atoms with van der Waals surface area (Å²) < 4.78 is 29.7. The van der Waals surface area contributed by atoms with Gasteiger partial charge in [0.05, 0.1) is 0 Å². The molecule has 0 atom stereocenters. The second kappa shape index (κ2) is 7.73. The fraction of sp³-hybridized carbons (Fsp3) is 1.00. The van der Waals surface area contributed by atoms with E-state index in [2.05, 4.69) is 4.72 Å². The first-order chi connectivity index (χ1) is 9.38. The monoisotopic (exact) mass is 305 g/mol. The lowest BCUT2D eigenvalue weighted by atomic mass is 9.81. The van der Waals surface area contributed by atoms with Crippen LogP contribution in [-0.2, 0) is 10.2 Å². The molecule has 0 unspecified atom stereocenters. The van der Waals surface area contributed by atoms with Crippen molar-refractivity contribution in [1.29, 1.82) is 0 Å². The highest BCUT2D eigenvalue weighted by Crippen LogP contribution is 2.34. The molecule has 1 aliphatic rings. The highest BCUT2D eigenvalue weighted by atomic mass is 32.2. The van der Waals surface area contributed by atoms with E-state index in [1.807, 2.05) is 20.8 Å². The molecule has 0 aromatic heterocycles. The van der Waals surface area contributed by atoms with Crippen molar-refractivity contribution >= 4 is 10.2 Å². The topological polar surface area (TPSA) is 75.4 Å². The average molecular weight is 305 g/mol. The third kappa shape index (κ3) is 4.41. The van der Waals surface area contributed by atoms with Gasteiger partial charge in [-0.05, 0) is 25.2 Å². The molecule has 0 aromatic carbocycles. The van der Waals surface area contributed by atoms with Crippen molar-refractivity contribution in [3.05, 3.63) is 0 Å². The zero-order valence-corrected chi connectivity index (χ0v) is 14.0. The van der Waals surface area contributed by atoms with Gasteiger partial charge in [0.1, 0.15) is 0 Å². The van der Waals surface area contributed by atoms with E-state index < -0.39 is 10.2 Å². The van der Waals surface area contributed by atoms with Crippen LogP contribution in [0, 0.1) is 5.92 Å². The fourth-order valence-corrected chi connectivity index (χ4v) is 4.82. The molecule has 0 amide bonds. The van der Waals surface area contributed by atoms with Crippen LogP contribution in [0.5, 0.6) is 0 Å². The van der Waals surface area contributed by atoms with E-state index in [9.17, 15) is 8.42 Å². The number of hydrogen-bond acceptors (Lipinski definition) is 3. The van der Waals surface area contributed by atoms with Gasteiger partial charge < -0.3 is 5.73 Å².